The number of oxime groups is 1. The third kappa shape index (κ3) is 7.55. The zero-order valence-electron chi connectivity index (χ0n) is 19.2. The van der Waals surface area contributed by atoms with Crippen molar-refractivity contribution in [1.82, 2.24) is 10.3 Å². The highest BCUT2D eigenvalue weighted by Gasteiger charge is 2.35. The highest BCUT2D eigenvalue weighted by Crippen LogP contribution is 2.41. The Bertz CT molecular complexity index is 1000. The molecule has 0 saturated heterocycles. The van der Waals surface area contributed by atoms with Gasteiger partial charge in [-0.15, -0.1) is 0 Å². The molecule has 1 aliphatic rings. The summed E-state index contributed by atoms with van der Waals surface area (Å²) < 4.78 is 41.2. The van der Waals surface area contributed by atoms with Gasteiger partial charge in [0, 0.05) is 19.3 Å². The molecule has 34 heavy (non-hydrogen) atoms. The first-order valence-corrected chi connectivity index (χ1v) is 11.5. The number of carbonyl (C=O) groups is 1. The molecular formula is C25H30F3N3O3. The first kappa shape index (κ1) is 25.7. The molecule has 9 heteroatoms. The molecule has 184 valence electrons. The fraction of sp³-hybridized carbons (Fsp3) is 0.480. The first-order valence-electron chi connectivity index (χ1n) is 11.5. The van der Waals surface area contributed by atoms with Crippen LogP contribution in [0.2, 0.25) is 0 Å². The van der Waals surface area contributed by atoms with E-state index in [1.807, 2.05) is 0 Å². The van der Waals surface area contributed by atoms with Crippen molar-refractivity contribution in [2.24, 2.45) is 5.16 Å². The molecule has 1 aromatic carbocycles. The van der Waals surface area contributed by atoms with Crippen LogP contribution in [0.4, 0.5) is 13.2 Å². The number of aliphatic carboxylic acids is 1. The number of benzene rings is 1. The van der Waals surface area contributed by atoms with E-state index in [1.165, 1.54) is 6.07 Å². The summed E-state index contributed by atoms with van der Waals surface area (Å²) in [7, 11) is 0. The topological polar surface area (TPSA) is 83.8 Å². The maximum absolute atomic E-state index is 13.7. The summed E-state index contributed by atoms with van der Waals surface area (Å²) in [6.07, 6.45) is 1.84. The minimum Gasteiger partial charge on any atom is -0.481 e. The van der Waals surface area contributed by atoms with Crippen LogP contribution >= 0.6 is 0 Å². The molecule has 1 aliphatic carbocycles. The fourth-order valence-corrected chi connectivity index (χ4v) is 4.17. The number of hydrogen-bond acceptors (Lipinski definition) is 5. The second kappa shape index (κ2) is 12.0. The van der Waals surface area contributed by atoms with Crippen molar-refractivity contribution >= 4 is 11.7 Å². The summed E-state index contributed by atoms with van der Waals surface area (Å²) in [5, 5.41) is 15.8. The number of nitrogens with zero attached hydrogens (tertiary/aromatic N) is 2. The molecule has 1 aromatic heterocycles. The molecule has 6 nitrogen and oxygen atoms in total. The van der Waals surface area contributed by atoms with Crippen molar-refractivity contribution in [2.45, 2.75) is 70.7 Å². The average molecular weight is 478 g/mol. The minimum absolute atomic E-state index is 0.0317. The molecule has 0 spiro atoms. The summed E-state index contributed by atoms with van der Waals surface area (Å²) in [6, 6.07) is 8.06. The Morgan fingerprint density at radius 3 is 2.65 bits per heavy atom. The van der Waals surface area contributed by atoms with Crippen LogP contribution in [-0.4, -0.2) is 28.3 Å². The third-order valence-corrected chi connectivity index (χ3v) is 5.94. The van der Waals surface area contributed by atoms with E-state index in [-0.39, 0.29) is 18.9 Å². The van der Waals surface area contributed by atoms with Gasteiger partial charge in [0.25, 0.3) is 0 Å². The number of pyridine rings is 1. The Labute approximate surface area is 197 Å². The van der Waals surface area contributed by atoms with Crippen LogP contribution in [0.5, 0.6) is 0 Å². The second-order valence-electron chi connectivity index (χ2n) is 8.57. The number of hydrogen-bond donors (Lipinski definition) is 2. The van der Waals surface area contributed by atoms with Gasteiger partial charge in [0.15, 0.2) is 0 Å². The SMILES string of the molecule is C/C(=N/OCc1ccc(C2CCCCC2)c(C(F)(F)F)c1)c1cc(CNCCC(=O)O)ccn1. The lowest BCUT2D eigenvalue weighted by Crippen LogP contribution is -2.18. The van der Waals surface area contributed by atoms with Crippen LogP contribution in [-0.2, 0) is 29.0 Å². The second-order valence-corrected chi connectivity index (χ2v) is 8.57. The average Bonchev–Trinajstić information content (AvgIpc) is 2.82. The van der Waals surface area contributed by atoms with E-state index in [9.17, 15) is 18.0 Å². The van der Waals surface area contributed by atoms with E-state index < -0.39 is 17.7 Å². The monoisotopic (exact) mass is 477 g/mol. The molecular weight excluding hydrogens is 447 g/mol. The maximum Gasteiger partial charge on any atom is 0.416 e. The van der Waals surface area contributed by atoms with Crippen molar-refractivity contribution in [3.8, 4) is 0 Å². The van der Waals surface area contributed by atoms with Crippen molar-refractivity contribution in [2.75, 3.05) is 6.54 Å². The molecule has 0 bridgehead atoms. The number of carboxylic acids is 1. The summed E-state index contributed by atoms with van der Waals surface area (Å²) in [4.78, 5) is 20.2. The van der Waals surface area contributed by atoms with Crippen LogP contribution in [0.15, 0.2) is 41.7 Å². The van der Waals surface area contributed by atoms with Gasteiger partial charge in [-0.2, -0.15) is 13.2 Å². The van der Waals surface area contributed by atoms with Crippen LogP contribution in [0.1, 0.15) is 79.3 Å². The molecule has 1 saturated carbocycles. The van der Waals surface area contributed by atoms with Crippen LogP contribution in [0, 0.1) is 0 Å². The Kier molecular flexibility index (Phi) is 9.04. The predicted octanol–water partition coefficient (Wildman–Crippen LogP) is 5.65. The molecule has 2 aromatic rings. The van der Waals surface area contributed by atoms with Crippen LogP contribution in [0.3, 0.4) is 0 Å². The summed E-state index contributed by atoms with van der Waals surface area (Å²) in [5.41, 5.74) is 2.17. The number of carboxylic acid groups (broad SMARTS) is 1. The summed E-state index contributed by atoms with van der Waals surface area (Å²) in [6.45, 7) is 2.45. The largest absolute Gasteiger partial charge is 0.481 e. The molecule has 0 unspecified atom stereocenters. The Hall–Kier alpha value is -2.94. The highest BCUT2D eigenvalue weighted by atomic mass is 19.4. The number of rotatable bonds is 10. The van der Waals surface area contributed by atoms with Gasteiger partial charge < -0.3 is 15.3 Å². The standard InChI is InChI=1S/C25H30F3N3O3/c1-17(23-14-18(9-12-30-23)15-29-11-10-24(32)33)31-34-16-19-7-8-21(20-5-3-2-4-6-20)22(13-19)25(26,27)28/h7-9,12-14,20,29H,2-6,10-11,15-16H2,1H3,(H,32,33)/b31-17-. The highest BCUT2D eigenvalue weighted by molar-refractivity contribution is 5.96. The van der Waals surface area contributed by atoms with Crippen molar-refractivity contribution in [3.05, 3.63) is 64.5 Å². The van der Waals surface area contributed by atoms with Gasteiger partial charge in [-0.3, -0.25) is 9.78 Å². The lowest BCUT2D eigenvalue weighted by molar-refractivity contribution is -0.139. The Morgan fingerprint density at radius 1 is 1.18 bits per heavy atom. The minimum atomic E-state index is -4.41. The van der Waals surface area contributed by atoms with E-state index in [1.54, 1.807) is 37.4 Å². The van der Waals surface area contributed by atoms with Gasteiger partial charge in [-0.1, -0.05) is 36.6 Å². The molecule has 1 heterocycles. The lowest BCUT2D eigenvalue weighted by atomic mass is 9.81. The normalized spacial score (nSPS) is 15.4. The maximum atomic E-state index is 13.7. The molecule has 3 rings (SSSR count). The van der Waals surface area contributed by atoms with E-state index in [0.29, 0.717) is 35.6 Å². The molecule has 0 amide bonds. The molecule has 0 atom stereocenters. The number of aromatic nitrogens is 1. The molecule has 1 fully saturated rings. The van der Waals surface area contributed by atoms with Crippen LogP contribution < -0.4 is 5.32 Å². The fourth-order valence-electron chi connectivity index (χ4n) is 4.17. The number of alkyl halides is 3. The summed E-state index contributed by atoms with van der Waals surface area (Å²) in [5.74, 6) is -0.911. The molecule has 2 N–H and O–H groups in total. The lowest BCUT2D eigenvalue weighted by Gasteiger charge is -2.25. The van der Waals surface area contributed by atoms with Crippen molar-refractivity contribution in [1.29, 1.82) is 0 Å². The number of halogens is 3. The van der Waals surface area contributed by atoms with Gasteiger partial charge in [0.05, 0.1) is 17.7 Å². The molecule has 0 aliphatic heterocycles. The van der Waals surface area contributed by atoms with Gasteiger partial charge in [-0.05, 0) is 60.6 Å². The molecule has 0 radical (unpaired) electrons. The zero-order valence-corrected chi connectivity index (χ0v) is 19.2. The van der Waals surface area contributed by atoms with Gasteiger partial charge in [0.2, 0.25) is 0 Å². The van der Waals surface area contributed by atoms with Crippen molar-refractivity contribution < 1.29 is 27.9 Å². The quantitative estimate of drug-likeness (QED) is 0.262. The van der Waals surface area contributed by atoms with E-state index in [4.69, 9.17) is 9.94 Å². The predicted molar refractivity (Wildman–Crippen MR) is 122 cm³/mol. The smallest absolute Gasteiger partial charge is 0.416 e. The van der Waals surface area contributed by atoms with Gasteiger partial charge in [0.1, 0.15) is 12.3 Å². The Morgan fingerprint density at radius 2 is 1.94 bits per heavy atom. The first-order chi connectivity index (χ1) is 16.2. The van der Waals surface area contributed by atoms with E-state index >= 15 is 0 Å². The summed E-state index contributed by atoms with van der Waals surface area (Å²) >= 11 is 0. The van der Waals surface area contributed by atoms with E-state index in [2.05, 4.69) is 15.5 Å². The van der Waals surface area contributed by atoms with Crippen molar-refractivity contribution in [3.63, 3.8) is 0 Å². The third-order valence-electron chi connectivity index (χ3n) is 5.94. The Balaban J connectivity index is 1.63. The van der Waals surface area contributed by atoms with Gasteiger partial charge >= 0.3 is 12.1 Å². The number of nitrogens with one attached hydrogen (secondary N) is 1. The zero-order chi connectivity index (χ0) is 24.6. The van der Waals surface area contributed by atoms with E-state index in [0.717, 1.165) is 37.7 Å². The van der Waals surface area contributed by atoms with Gasteiger partial charge in [-0.25, -0.2) is 0 Å². The van der Waals surface area contributed by atoms with Crippen LogP contribution in [0.25, 0.3) is 0 Å².